The van der Waals surface area contributed by atoms with Crippen LogP contribution in [0.25, 0.3) is 0 Å². The van der Waals surface area contributed by atoms with Gasteiger partial charge in [-0.1, -0.05) is 30.3 Å². The number of amides is 1. The lowest BCUT2D eigenvalue weighted by atomic mass is 10.1. The van der Waals surface area contributed by atoms with Gasteiger partial charge in [-0.2, -0.15) is 11.8 Å². The van der Waals surface area contributed by atoms with E-state index in [1.165, 1.54) is 24.2 Å². The highest BCUT2D eigenvalue weighted by molar-refractivity contribution is 8.00. The van der Waals surface area contributed by atoms with E-state index in [4.69, 9.17) is 0 Å². The Kier molecular flexibility index (Phi) is 4.09. The van der Waals surface area contributed by atoms with E-state index in [0.717, 1.165) is 13.0 Å². The first-order chi connectivity index (χ1) is 9.33. The van der Waals surface area contributed by atoms with E-state index in [1.807, 2.05) is 34.9 Å². The van der Waals surface area contributed by atoms with Crippen molar-refractivity contribution in [3.63, 3.8) is 0 Å². The average molecular weight is 276 g/mol. The fraction of sp³-hybridized carbons (Fsp3) is 0.533. The monoisotopic (exact) mass is 276 g/mol. The van der Waals surface area contributed by atoms with Crippen LogP contribution in [0.4, 0.5) is 0 Å². The standard InChI is InChI=1S/C15H20N2OS/c18-15-14(9-12-5-2-1-3-6-12)16-11-17(15)10-13-7-4-8-19-13/h1-3,5-6,13-14,16H,4,7-11H2. The van der Waals surface area contributed by atoms with Crippen LogP contribution in [0.2, 0.25) is 0 Å². The molecule has 2 fully saturated rings. The van der Waals surface area contributed by atoms with E-state index in [0.29, 0.717) is 11.9 Å². The summed E-state index contributed by atoms with van der Waals surface area (Å²) < 4.78 is 0. The molecule has 1 N–H and O–H groups in total. The molecule has 19 heavy (non-hydrogen) atoms. The van der Waals surface area contributed by atoms with Crippen LogP contribution in [0, 0.1) is 0 Å². The van der Waals surface area contributed by atoms with Crippen LogP contribution in [0.5, 0.6) is 0 Å². The molecule has 1 amide bonds. The fourth-order valence-electron chi connectivity index (χ4n) is 2.80. The van der Waals surface area contributed by atoms with E-state index in [1.54, 1.807) is 0 Å². The van der Waals surface area contributed by atoms with E-state index >= 15 is 0 Å². The zero-order chi connectivity index (χ0) is 13.1. The molecule has 0 aromatic heterocycles. The van der Waals surface area contributed by atoms with Crippen molar-refractivity contribution in [1.29, 1.82) is 0 Å². The van der Waals surface area contributed by atoms with Crippen LogP contribution < -0.4 is 5.32 Å². The molecular weight excluding hydrogens is 256 g/mol. The summed E-state index contributed by atoms with van der Waals surface area (Å²) in [6.07, 6.45) is 3.37. The number of carbonyl (C=O) groups is 1. The Morgan fingerprint density at radius 2 is 2.16 bits per heavy atom. The molecule has 0 radical (unpaired) electrons. The Morgan fingerprint density at radius 1 is 1.32 bits per heavy atom. The Balaban J connectivity index is 1.56. The average Bonchev–Trinajstić information content (AvgIpc) is 3.05. The molecule has 0 saturated carbocycles. The predicted octanol–water partition coefficient (Wildman–Crippen LogP) is 1.88. The first-order valence-electron chi connectivity index (χ1n) is 7.00. The fourth-order valence-corrected chi connectivity index (χ4v) is 4.09. The molecule has 2 atom stereocenters. The number of thioether (sulfide) groups is 1. The summed E-state index contributed by atoms with van der Waals surface area (Å²) in [5.41, 5.74) is 1.23. The molecule has 3 nitrogen and oxygen atoms in total. The van der Waals surface area contributed by atoms with Gasteiger partial charge < -0.3 is 4.90 Å². The quantitative estimate of drug-likeness (QED) is 0.911. The maximum Gasteiger partial charge on any atom is 0.241 e. The third-order valence-corrected chi connectivity index (χ3v) is 5.25. The number of nitrogens with zero attached hydrogens (tertiary/aromatic N) is 1. The second kappa shape index (κ2) is 5.97. The number of nitrogens with one attached hydrogen (secondary N) is 1. The van der Waals surface area contributed by atoms with Crippen molar-refractivity contribution in [3.8, 4) is 0 Å². The van der Waals surface area contributed by atoms with Crippen LogP contribution in [0.3, 0.4) is 0 Å². The van der Waals surface area contributed by atoms with E-state index in [9.17, 15) is 4.79 Å². The molecule has 3 rings (SSSR count). The van der Waals surface area contributed by atoms with Gasteiger partial charge in [0.2, 0.25) is 5.91 Å². The zero-order valence-electron chi connectivity index (χ0n) is 11.0. The van der Waals surface area contributed by atoms with Crippen molar-refractivity contribution >= 4 is 17.7 Å². The first-order valence-corrected chi connectivity index (χ1v) is 8.05. The van der Waals surface area contributed by atoms with Gasteiger partial charge in [0.15, 0.2) is 0 Å². The summed E-state index contributed by atoms with van der Waals surface area (Å²) in [5.74, 6) is 1.53. The number of carbonyl (C=O) groups excluding carboxylic acids is 1. The van der Waals surface area contributed by atoms with E-state index in [2.05, 4.69) is 17.4 Å². The highest BCUT2D eigenvalue weighted by Crippen LogP contribution is 2.27. The van der Waals surface area contributed by atoms with Crippen molar-refractivity contribution < 1.29 is 4.79 Å². The van der Waals surface area contributed by atoms with Gasteiger partial charge in [0.25, 0.3) is 0 Å². The SMILES string of the molecule is O=C1C(Cc2ccccc2)NCN1CC1CCCS1. The summed E-state index contributed by atoms with van der Waals surface area (Å²) in [5, 5.41) is 4.00. The normalized spacial score (nSPS) is 27.2. The van der Waals surface area contributed by atoms with Crippen LogP contribution in [-0.4, -0.2) is 41.1 Å². The summed E-state index contributed by atoms with van der Waals surface area (Å²) in [4.78, 5) is 14.3. The third-order valence-electron chi connectivity index (χ3n) is 3.87. The summed E-state index contributed by atoms with van der Waals surface area (Å²) in [7, 11) is 0. The molecule has 0 spiro atoms. The maximum atomic E-state index is 12.4. The Morgan fingerprint density at radius 3 is 2.89 bits per heavy atom. The van der Waals surface area contributed by atoms with E-state index in [-0.39, 0.29) is 11.9 Å². The van der Waals surface area contributed by atoms with Gasteiger partial charge in [0.05, 0.1) is 12.7 Å². The molecule has 1 aromatic carbocycles. The lowest BCUT2D eigenvalue weighted by Crippen LogP contribution is -2.35. The zero-order valence-corrected chi connectivity index (χ0v) is 11.9. The van der Waals surface area contributed by atoms with Crippen LogP contribution in [-0.2, 0) is 11.2 Å². The Labute approximate surface area is 118 Å². The third kappa shape index (κ3) is 3.12. The van der Waals surface area contributed by atoms with Gasteiger partial charge in [-0.15, -0.1) is 0 Å². The maximum absolute atomic E-state index is 12.4. The second-order valence-corrected chi connectivity index (χ2v) is 6.71. The van der Waals surface area contributed by atoms with Crippen molar-refractivity contribution in [2.24, 2.45) is 0 Å². The summed E-state index contributed by atoms with van der Waals surface area (Å²) in [6.45, 7) is 1.63. The molecule has 2 aliphatic heterocycles. The molecule has 2 aliphatic rings. The molecule has 1 aromatic rings. The summed E-state index contributed by atoms with van der Waals surface area (Å²) in [6, 6.07) is 10.2. The lowest BCUT2D eigenvalue weighted by Gasteiger charge is -2.19. The van der Waals surface area contributed by atoms with Gasteiger partial charge in [0.1, 0.15) is 0 Å². The second-order valence-electron chi connectivity index (χ2n) is 5.30. The number of hydrogen-bond acceptors (Lipinski definition) is 3. The minimum Gasteiger partial charge on any atom is -0.327 e. The Hall–Kier alpha value is -1.00. The topological polar surface area (TPSA) is 32.3 Å². The van der Waals surface area contributed by atoms with Gasteiger partial charge in [-0.05, 0) is 30.6 Å². The van der Waals surface area contributed by atoms with Gasteiger partial charge in [-0.3, -0.25) is 10.1 Å². The molecule has 0 bridgehead atoms. The molecular formula is C15H20N2OS. The Bertz CT molecular complexity index is 431. The molecule has 2 heterocycles. The number of rotatable bonds is 4. The molecule has 4 heteroatoms. The highest BCUT2D eigenvalue weighted by atomic mass is 32.2. The lowest BCUT2D eigenvalue weighted by molar-refractivity contribution is -0.128. The van der Waals surface area contributed by atoms with Gasteiger partial charge >= 0.3 is 0 Å². The predicted molar refractivity (Wildman–Crippen MR) is 79.1 cm³/mol. The largest absolute Gasteiger partial charge is 0.327 e. The molecule has 2 unspecified atom stereocenters. The minimum atomic E-state index is -0.0335. The van der Waals surface area contributed by atoms with Crippen LogP contribution in [0.15, 0.2) is 30.3 Å². The van der Waals surface area contributed by atoms with Gasteiger partial charge in [0, 0.05) is 11.8 Å². The van der Waals surface area contributed by atoms with Crippen molar-refractivity contribution in [3.05, 3.63) is 35.9 Å². The number of benzene rings is 1. The van der Waals surface area contributed by atoms with Crippen molar-refractivity contribution in [2.45, 2.75) is 30.6 Å². The molecule has 2 saturated heterocycles. The minimum absolute atomic E-state index is 0.0335. The van der Waals surface area contributed by atoms with E-state index < -0.39 is 0 Å². The highest BCUT2D eigenvalue weighted by Gasteiger charge is 2.32. The molecule has 0 aliphatic carbocycles. The van der Waals surface area contributed by atoms with Crippen LogP contribution >= 0.6 is 11.8 Å². The van der Waals surface area contributed by atoms with Crippen molar-refractivity contribution in [1.82, 2.24) is 10.2 Å². The number of hydrogen-bond donors (Lipinski definition) is 1. The van der Waals surface area contributed by atoms with Gasteiger partial charge in [-0.25, -0.2) is 0 Å². The summed E-state index contributed by atoms with van der Waals surface area (Å²) >= 11 is 2.01. The molecule has 102 valence electrons. The van der Waals surface area contributed by atoms with Crippen molar-refractivity contribution in [2.75, 3.05) is 19.0 Å². The first kappa shape index (κ1) is 13.0. The smallest absolute Gasteiger partial charge is 0.241 e. The van der Waals surface area contributed by atoms with Crippen LogP contribution in [0.1, 0.15) is 18.4 Å².